The smallest absolute Gasteiger partial charge is 0.252 e. The summed E-state index contributed by atoms with van der Waals surface area (Å²) in [6.45, 7) is 0.114. The molecule has 0 aliphatic rings. The average molecular weight is 436 g/mol. The van der Waals surface area contributed by atoms with Crippen LogP contribution in [0.25, 0.3) is 0 Å². The van der Waals surface area contributed by atoms with Gasteiger partial charge in [-0.15, -0.1) is 0 Å². The zero-order chi connectivity index (χ0) is 15.4. The summed E-state index contributed by atoms with van der Waals surface area (Å²) in [6.07, 6.45) is -0.762. The summed E-state index contributed by atoms with van der Waals surface area (Å²) in [5.41, 5.74) is 1.14. The van der Waals surface area contributed by atoms with Crippen molar-refractivity contribution >= 4 is 51.7 Å². The number of rotatable bonds is 4. The first kappa shape index (κ1) is 16.5. The molecule has 3 nitrogen and oxygen atoms in total. The van der Waals surface area contributed by atoms with E-state index in [0.717, 1.165) is 5.56 Å². The first-order valence-electron chi connectivity index (χ1n) is 6.15. The highest BCUT2D eigenvalue weighted by Crippen LogP contribution is 2.26. The van der Waals surface area contributed by atoms with Crippen LogP contribution in [0.5, 0.6) is 0 Å². The van der Waals surface area contributed by atoms with Gasteiger partial charge in [-0.25, -0.2) is 0 Å². The van der Waals surface area contributed by atoms with Crippen LogP contribution in [-0.4, -0.2) is 17.6 Å². The Balaban J connectivity index is 2.06. The summed E-state index contributed by atoms with van der Waals surface area (Å²) in [6, 6.07) is 12.3. The van der Waals surface area contributed by atoms with Gasteiger partial charge < -0.3 is 10.4 Å². The molecule has 2 aromatic carbocycles. The van der Waals surface area contributed by atoms with Crippen molar-refractivity contribution in [3.8, 4) is 0 Å². The quantitative estimate of drug-likeness (QED) is 0.562. The van der Waals surface area contributed by atoms with Gasteiger partial charge in [0, 0.05) is 15.1 Å². The summed E-state index contributed by atoms with van der Waals surface area (Å²) in [5, 5.41) is 13.5. The van der Waals surface area contributed by atoms with Gasteiger partial charge >= 0.3 is 0 Å². The van der Waals surface area contributed by atoms with Crippen molar-refractivity contribution in [2.75, 3.05) is 6.54 Å². The topological polar surface area (TPSA) is 49.3 Å². The second kappa shape index (κ2) is 7.45. The average Bonchev–Trinajstić information content (AvgIpc) is 2.49. The van der Waals surface area contributed by atoms with Crippen LogP contribution in [0.1, 0.15) is 22.0 Å². The molecule has 0 heterocycles. The second-order valence-electron chi connectivity index (χ2n) is 4.39. The van der Waals surface area contributed by atoms with E-state index < -0.39 is 6.10 Å². The second-order valence-corrected chi connectivity index (χ2v) is 6.31. The molecule has 0 aromatic heterocycles. The summed E-state index contributed by atoms with van der Waals surface area (Å²) in [4.78, 5) is 12.2. The van der Waals surface area contributed by atoms with Gasteiger partial charge in [-0.3, -0.25) is 4.79 Å². The third-order valence-corrected chi connectivity index (χ3v) is 4.88. The van der Waals surface area contributed by atoms with E-state index in [1.54, 1.807) is 24.3 Å². The number of hydrogen-bond acceptors (Lipinski definition) is 2. The van der Waals surface area contributed by atoms with Gasteiger partial charge in [0.05, 0.1) is 16.7 Å². The largest absolute Gasteiger partial charge is 0.387 e. The van der Waals surface area contributed by atoms with Gasteiger partial charge in [-0.05, 0) is 40.3 Å². The Kier molecular flexibility index (Phi) is 5.87. The van der Waals surface area contributed by atoms with Crippen LogP contribution in [0, 0.1) is 3.57 Å². The molecular formula is C15H12Cl2INO2. The first-order valence-corrected chi connectivity index (χ1v) is 7.98. The molecule has 1 amide bonds. The van der Waals surface area contributed by atoms with E-state index in [9.17, 15) is 9.90 Å². The molecular weight excluding hydrogens is 424 g/mol. The van der Waals surface area contributed by atoms with E-state index in [4.69, 9.17) is 23.2 Å². The minimum atomic E-state index is -0.762. The number of carbonyl (C=O) groups excluding carboxylic acids is 1. The molecule has 21 heavy (non-hydrogen) atoms. The Morgan fingerprint density at radius 1 is 1.24 bits per heavy atom. The highest BCUT2D eigenvalue weighted by atomic mass is 127. The Bertz CT molecular complexity index is 650. The van der Waals surface area contributed by atoms with Crippen LogP contribution in [-0.2, 0) is 0 Å². The highest BCUT2D eigenvalue weighted by Gasteiger charge is 2.15. The Morgan fingerprint density at radius 2 is 1.90 bits per heavy atom. The van der Waals surface area contributed by atoms with Crippen molar-refractivity contribution in [1.82, 2.24) is 5.32 Å². The lowest BCUT2D eigenvalue weighted by atomic mass is 10.1. The highest BCUT2D eigenvalue weighted by molar-refractivity contribution is 14.1. The molecule has 1 unspecified atom stereocenters. The van der Waals surface area contributed by atoms with Crippen molar-refractivity contribution in [2.45, 2.75) is 6.10 Å². The summed E-state index contributed by atoms with van der Waals surface area (Å²) < 4.78 is 0.630. The SMILES string of the molecule is O=C(NCC(O)c1ccccc1)c1cc(Cl)cc(Cl)c1I. The predicted octanol–water partition coefficient (Wildman–Crippen LogP) is 4.06. The maximum Gasteiger partial charge on any atom is 0.252 e. The number of halogens is 3. The summed E-state index contributed by atoms with van der Waals surface area (Å²) >= 11 is 13.9. The maximum absolute atomic E-state index is 12.2. The van der Waals surface area contributed by atoms with E-state index in [1.165, 1.54) is 0 Å². The molecule has 0 bridgehead atoms. The molecule has 0 aliphatic heterocycles. The van der Waals surface area contributed by atoms with E-state index in [-0.39, 0.29) is 12.5 Å². The van der Waals surface area contributed by atoms with Crippen LogP contribution in [0.3, 0.4) is 0 Å². The molecule has 1 atom stereocenters. The third kappa shape index (κ3) is 4.32. The van der Waals surface area contributed by atoms with Crippen LogP contribution in [0.15, 0.2) is 42.5 Å². The van der Waals surface area contributed by atoms with E-state index in [2.05, 4.69) is 5.32 Å². The van der Waals surface area contributed by atoms with E-state index in [1.807, 2.05) is 40.8 Å². The molecule has 0 radical (unpaired) electrons. The number of nitrogens with one attached hydrogen (secondary N) is 1. The Morgan fingerprint density at radius 3 is 2.57 bits per heavy atom. The van der Waals surface area contributed by atoms with Crippen molar-refractivity contribution < 1.29 is 9.90 Å². The van der Waals surface area contributed by atoms with E-state index in [0.29, 0.717) is 19.2 Å². The molecule has 2 aromatic rings. The van der Waals surface area contributed by atoms with Gasteiger partial charge in [0.15, 0.2) is 0 Å². The summed E-state index contributed by atoms with van der Waals surface area (Å²) in [7, 11) is 0. The van der Waals surface area contributed by atoms with Crippen molar-refractivity contribution in [3.05, 3.63) is 67.2 Å². The molecule has 110 valence electrons. The number of carbonyl (C=O) groups is 1. The number of aliphatic hydroxyl groups excluding tert-OH is 1. The van der Waals surface area contributed by atoms with Gasteiger partial charge in [0.1, 0.15) is 0 Å². The molecule has 0 saturated heterocycles. The fourth-order valence-electron chi connectivity index (χ4n) is 1.80. The Hall–Kier alpha value is -0.820. The van der Waals surface area contributed by atoms with Crippen LogP contribution < -0.4 is 5.32 Å². The number of amides is 1. The number of aliphatic hydroxyl groups is 1. The van der Waals surface area contributed by atoms with Gasteiger partial charge in [0.2, 0.25) is 0 Å². The van der Waals surface area contributed by atoms with Crippen LogP contribution in [0.4, 0.5) is 0 Å². The van der Waals surface area contributed by atoms with E-state index >= 15 is 0 Å². The standard InChI is InChI=1S/C15H12Cl2INO2/c16-10-6-11(14(18)12(17)7-10)15(21)19-8-13(20)9-4-2-1-3-5-9/h1-7,13,20H,8H2,(H,19,21). The van der Waals surface area contributed by atoms with Crippen LogP contribution >= 0.6 is 45.8 Å². The molecule has 0 aliphatic carbocycles. The molecule has 6 heteroatoms. The Labute approximate surface area is 146 Å². The maximum atomic E-state index is 12.2. The zero-order valence-electron chi connectivity index (χ0n) is 10.8. The fourth-order valence-corrected chi connectivity index (χ4v) is 2.85. The normalized spacial score (nSPS) is 12.0. The minimum absolute atomic E-state index is 0.114. The monoisotopic (exact) mass is 435 g/mol. The van der Waals surface area contributed by atoms with Gasteiger partial charge in [0.25, 0.3) is 5.91 Å². The molecule has 0 saturated carbocycles. The van der Waals surface area contributed by atoms with Crippen molar-refractivity contribution in [3.63, 3.8) is 0 Å². The van der Waals surface area contributed by atoms with Gasteiger partial charge in [-0.2, -0.15) is 0 Å². The minimum Gasteiger partial charge on any atom is -0.387 e. The van der Waals surface area contributed by atoms with Crippen LogP contribution in [0.2, 0.25) is 10.0 Å². The lowest BCUT2D eigenvalue weighted by molar-refractivity contribution is 0.0915. The summed E-state index contributed by atoms with van der Waals surface area (Å²) in [5.74, 6) is -0.321. The zero-order valence-corrected chi connectivity index (χ0v) is 14.5. The molecule has 0 fully saturated rings. The predicted molar refractivity (Wildman–Crippen MR) is 92.9 cm³/mol. The van der Waals surface area contributed by atoms with Crippen molar-refractivity contribution in [1.29, 1.82) is 0 Å². The molecule has 0 spiro atoms. The van der Waals surface area contributed by atoms with Crippen molar-refractivity contribution in [2.24, 2.45) is 0 Å². The lowest BCUT2D eigenvalue weighted by Gasteiger charge is -2.13. The number of benzene rings is 2. The number of hydrogen-bond donors (Lipinski definition) is 2. The van der Waals surface area contributed by atoms with Gasteiger partial charge in [-0.1, -0.05) is 53.5 Å². The molecule has 2 rings (SSSR count). The fraction of sp³-hybridized carbons (Fsp3) is 0.133. The molecule has 2 N–H and O–H groups in total. The lowest BCUT2D eigenvalue weighted by Crippen LogP contribution is -2.29. The first-order chi connectivity index (χ1) is 9.99. The third-order valence-electron chi connectivity index (χ3n) is 2.88.